The quantitative estimate of drug-likeness (QED) is 0.618. The number of fused-ring (bicyclic) bond motifs is 1. The Morgan fingerprint density at radius 3 is 2.59 bits per heavy atom. The SMILES string of the molecule is CC(c1ccc(C2CC2)cc1)n1nnc2c(Cl)ccc(Br)c21. The molecular formula is C17H15BrClN3. The summed E-state index contributed by atoms with van der Waals surface area (Å²) in [5, 5.41) is 9.17. The minimum absolute atomic E-state index is 0.105. The average molecular weight is 377 g/mol. The Kier molecular flexibility index (Phi) is 3.46. The molecule has 1 aliphatic carbocycles. The molecule has 4 rings (SSSR count). The molecule has 3 nitrogen and oxygen atoms in total. The fraction of sp³-hybridized carbons (Fsp3) is 0.294. The predicted octanol–water partition coefficient (Wildman–Crippen LogP) is 5.33. The molecule has 1 aromatic heterocycles. The van der Waals surface area contributed by atoms with Crippen molar-refractivity contribution in [1.82, 2.24) is 15.0 Å². The maximum Gasteiger partial charge on any atom is 0.132 e. The number of hydrogen-bond donors (Lipinski definition) is 0. The van der Waals surface area contributed by atoms with Gasteiger partial charge >= 0.3 is 0 Å². The molecule has 1 atom stereocenters. The summed E-state index contributed by atoms with van der Waals surface area (Å²) in [5.74, 6) is 0.782. The van der Waals surface area contributed by atoms with Gasteiger partial charge in [-0.1, -0.05) is 41.1 Å². The highest BCUT2D eigenvalue weighted by Crippen LogP contribution is 2.40. The number of rotatable bonds is 3. The van der Waals surface area contributed by atoms with Crippen LogP contribution >= 0.6 is 27.5 Å². The summed E-state index contributed by atoms with van der Waals surface area (Å²) in [7, 11) is 0. The van der Waals surface area contributed by atoms with Crippen LogP contribution in [0.1, 0.15) is 42.9 Å². The van der Waals surface area contributed by atoms with Crippen LogP contribution in [0.2, 0.25) is 5.02 Å². The molecule has 0 aliphatic heterocycles. The lowest BCUT2D eigenvalue weighted by Gasteiger charge is -2.14. The molecule has 1 aliphatic rings. The third kappa shape index (κ3) is 2.34. The van der Waals surface area contributed by atoms with Crippen molar-refractivity contribution in [2.75, 3.05) is 0 Å². The van der Waals surface area contributed by atoms with E-state index >= 15 is 0 Å². The normalized spacial score (nSPS) is 16.1. The molecule has 0 N–H and O–H groups in total. The van der Waals surface area contributed by atoms with E-state index in [1.165, 1.54) is 24.0 Å². The summed E-state index contributed by atoms with van der Waals surface area (Å²) < 4.78 is 2.88. The van der Waals surface area contributed by atoms with Gasteiger partial charge in [0.2, 0.25) is 0 Å². The van der Waals surface area contributed by atoms with E-state index in [0.717, 1.165) is 21.4 Å². The van der Waals surface area contributed by atoms with Crippen molar-refractivity contribution in [3.05, 3.63) is 57.0 Å². The van der Waals surface area contributed by atoms with E-state index in [-0.39, 0.29) is 6.04 Å². The number of hydrogen-bond acceptors (Lipinski definition) is 2. The van der Waals surface area contributed by atoms with Gasteiger partial charge in [0.1, 0.15) is 11.0 Å². The lowest BCUT2D eigenvalue weighted by molar-refractivity contribution is 0.559. The zero-order chi connectivity index (χ0) is 15.3. The summed E-state index contributed by atoms with van der Waals surface area (Å²) in [6.45, 7) is 2.13. The maximum atomic E-state index is 6.22. The molecule has 112 valence electrons. The van der Waals surface area contributed by atoms with Gasteiger partial charge in [-0.25, -0.2) is 4.68 Å². The van der Waals surface area contributed by atoms with E-state index in [0.29, 0.717) is 5.02 Å². The molecule has 0 saturated heterocycles. The first kappa shape index (κ1) is 14.2. The second kappa shape index (κ2) is 5.36. The summed E-state index contributed by atoms with van der Waals surface area (Å²) in [6.07, 6.45) is 2.65. The van der Waals surface area contributed by atoms with Crippen molar-refractivity contribution < 1.29 is 0 Å². The molecule has 1 unspecified atom stereocenters. The Morgan fingerprint density at radius 1 is 1.18 bits per heavy atom. The second-order valence-electron chi connectivity index (χ2n) is 5.88. The highest BCUT2D eigenvalue weighted by Gasteiger charge is 2.23. The van der Waals surface area contributed by atoms with E-state index in [1.54, 1.807) is 0 Å². The van der Waals surface area contributed by atoms with Gasteiger partial charge < -0.3 is 0 Å². The molecule has 0 spiro atoms. The van der Waals surface area contributed by atoms with Gasteiger partial charge in [0.25, 0.3) is 0 Å². The van der Waals surface area contributed by atoms with E-state index < -0.39 is 0 Å². The number of nitrogens with zero attached hydrogens (tertiary/aromatic N) is 3. The first-order valence-electron chi connectivity index (χ1n) is 7.44. The van der Waals surface area contributed by atoms with Crippen LogP contribution in [0.25, 0.3) is 11.0 Å². The van der Waals surface area contributed by atoms with Gasteiger partial charge in [0.05, 0.1) is 11.1 Å². The summed E-state index contributed by atoms with van der Waals surface area (Å²) in [5.41, 5.74) is 4.34. The second-order valence-corrected chi connectivity index (χ2v) is 7.14. The Labute approximate surface area is 142 Å². The van der Waals surface area contributed by atoms with Crippen LogP contribution in [0.5, 0.6) is 0 Å². The van der Waals surface area contributed by atoms with Gasteiger partial charge in [0.15, 0.2) is 0 Å². The standard InChI is InChI=1S/C17H15BrClN3/c1-10(11-2-4-12(5-3-11)13-6-7-13)22-17-14(18)8-9-15(19)16(17)20-21-22/h2-5,8-10,13H,6-7H2,1H3. The predicted molar refractivity (Wildman–Crippen MR) is 92.5 cm³/mol. The van der Waals surface area contributed by atoms with Crippen molar-refractivity contribution in [2.24, 2.45) is 0 Å². The molecular weight excluding hydrogens is 362 g/mol. The monoisotopic (exact) mass is 375 g/mol. The van der Waals surface area contributed by atoms with Gasteiger partial charge in [-0.15, -0.1) is 5.10 Å². The molecule has 0 amide bonds. The lowest BCUT2D eigenvalue weighted by Crippen LogP contribution is -2.09. The van der Waals surface area contributed by atoms with Crippen LogP contribution in [0, 0.1) is 0 Å². The topological polar surface area (TPSA) is 30.7 Å². The largest absolute Gasteiger partial charge is 0.236 e. The van der Waals surface area contributed by atoms with Crippen LogP contribution in [0.3, 0.4) is 0 Å². The van der Waals surface area contributed by atoms with Crippen molar-refractivity contribution in [1.29, 1.82) is 0 Å². The third-order valence-electron chi connectivity index (χ3n) is 4.36. The average Bonchev–Trinajstić information content (AvgIpc) is 3.28. The molecule has 1 heterocycles. The van der Waals surface area contributed by atoms with E-state index in [9.17, 15) is 0 Å². The molecule has 2 aromatic carbocycles. The fourth-order valence-corrected chi connectivity index (χ4v) is 3.55. The number of aromatic nitrogens is 3. The summed E-state index contributed by atoms with van der Waals surface area (Å²) >= 11 is 9.80. The van der Waals surface area contributed by atoms with Crippen molar-refractivity contribution in [3.63, 3.8) is 0 Å². The molecule has 0 bridgehead atoms. The van der Waals surface area contributed by atoms with Crippen LogP contribution in [0.15, 0.2) is 40.9 Å². The first-order chi connectivity index (χ1) is 10.6. The van der Waals surface area contributed by atoms with E-state index in [2.05, 4.69) is 57.4 Å². The number of halogens is 2. The molecule has 0 radical (unpaired) electrons. The molecule has 1 saturated carbocycles. The van der Waals surface area contributed by atoms with Crippen LogP contribution in [-0.2, 0) is 0 Å². The Balaban J connectivity index is 1.75. The Morgan fingerprint density at radius 2 is 1.91 bits per heavy atom. The van der Waals surface area contributed by atoms with Crippen LogP contribution in [-0.4, -0.2) is 15.0 Å². The fourth-order valence-electron chi connectivity index (χ4n) is 2.86. The zero-order valence-corrected chi connectivity index (χ0v) is 14.5. The van der Waals surface area contributed by atoms with Crippen molar-refractivity contribution in [3.8, 4) is 0 Å². The first-order valence-corrected chi connectivity index (χ1v) is 8.61. The highest BCUT2D eigenvalue weighted by atomic mass is 79.9. The minimum Gasteiger partial charge on any atom is -0.236 e. The van der Waals surface area contributed by atoms with Crippen molar-refractivity contribution in [2.45, 2.75) is 31.7 Å². The Bertz CT molecular complexity index is 837. The molecule has 5 heteroatoms. The molecule has 3 aromatic rings. The summed E-state index contributed by atoms with van der Waals surface area (Å²) in [4.78, 5) is 0. The van der Waals surface area contributed by atoms with E-state index in [4.69, 9.17) is 11.6 Å². The molecule has 1 fully saturated rings. The van der Waals surface area contributed by atoms with Gasteiger partial charge in [-0.2, -0.15) is 0 Å². The van der Waals surface area contributed by atoms with Gasteiger partial charge in [-0.3, -0.25) is 0 Å². The van der Waals surface area contributed by atoms with Crippen LogP contribution in [0.4, 0.5) is 0 Å². The highest BCUT2D eigenvalue weighted by molar-refractivity contribution is 9.10. The molecule has 22 heavy (non-hydrogen) atoms. The zero-order valence-electron chi connectivity index (χ0n) is 12.1. The maximum absolute atomic E-state index is 6.22. The Hall–Kier alpha value is -1.39. The number of benzene rings is 2. The smallest absolute Gasteiger partial charge is 0.132 e. The van der Waals surface area contributed by atoms with Gasteiger partial charge in [0, 0.05) is 4.47 Å². The van der Waals surface area contributed by atoms with Gasteiger partial charge in [-0.05, 0) is 64.9 Å². The van der Waals surface area contributed by atoms with Crippen LogP contribution < -0.4 is 0 Å². The third-order valence-corrected chi connectivity index (χ3v) is 5.30. The van der Waals surface area contributed by atoms with Crippen molar-refractivity contribution >= 4 is 38.6 Å². The lowest BCUT2D eigenvalue weighted by atomic mass is 10.0. The van der Waals surface area contributed by atoms with E-state index in [1.807, 2.05) is 16.8 Å². The minimum atomic E-state index is 0.105. The summed E-state index contributed by atoms with van der Waals surface area (Å²) in [6, 6.07) is 12.8.